The van der Waals surface area contributed by atoms with E-state index in [2.05, 4.69) is 5.32 Å². The summed E-state index contributed by atoms with van der Waals surface area (Å²) in [5.41, 5.74) is 0.711. The average molecular weight is 383 g/mol. The fraction of sp³-hybridized carbons (Fsp3) is 0.300. The van der Waals surface area contributed by atoms with Gasteiger partial charge in [0.25, 0.3) is 11.6 Å². The van der Waals surface area contributed by atoms with E-state index >= 15 is 0 Å². The molecule has 3 rings (SSSR count). The molecular formula is C20H21N3O5. The van der Waals surface area contributed by atoms with Crippen LogP contribution in [0.1, 0.15) is 30.1 Å². The first-order valence-corrected chi connectivity index (χ1v) is 9.06. The van der Waals surface area contributed by atoms with E-state index < -0.39 is 17.0 Å². The molecule has 146 valence electrons. The fourth-order valence-corrected chi connectivity index (χ4v) is 3.07. The number of esters is 1. The molecule has 1 atom stereocenters. The molecule has 1 heterocycles. The maximum absolute atomic E-state index is 12.4. The lowest BCUT2D eigenvalue weighted by Gasteiger charge is -2.20. The smallest absolute Gasteiger partial charge is 0.339 e. The highest BCUT2D eigenvalue weighted by Gasteiger charge is 2.27. The summed E-state index contributed by atoms with van der Waals surface area (Å²) in [5, 5.41) is 14.4. The number of anilines is 2. The minimum absolute atomic E-state index is 0.0198. The second-order valence-corrected chi connectivity index (χ2v) is 6.56. The number of nitrogens with zero attached hydrogens (tertiary/aromatic N) is 2. The van der Waals surface area contributed by atoms with E-state index in [0.717, 1.165) is 18.9 Å². The Labute approximate surface area is 162 Å². The number of amides is 1. The first-order chi connectivity index (χ1) is 13.5. The van der Waals surface area contributed by atoms with Gasteiger partial charge in [0, 0.05) is 24.8 Å². The number of ether oxygens (including phenoxy) is 1. The van der Waals surface area contributed by atoms with Crippen molar-refractivity contribution >= 4 is 28.9 Å². The fourth-order valence-electron chi connectivity index (χ4n) is 3.07. The van der Waals surface area contributed by atoms with Crippen LogP contribution in [0.2, 0.25) is 0 Å². The molecule has 1 N–H and O–H groups in total. The van der Waals surface area contributed by atoms with Crippen molar-refractivity contribution < 1.29 is 19.2 Å². The van der Waals surface area contributed by atoms with Crippen LogP contribution in [0.5, 0.6) is 0 Å². The summed E-state index contributed by atoms with van der Waals surface area (Å²) in [6, 6.07) is 13.0. The molecular weight excluding hydrogens is 362 g/mol. The molecule has 0 aromatic heterocycles. The standard InChI is InChI=1S/C20H21N3O5/c1-14(19(24)22-11-5-6-12-22)28-20(25)15-9-10-17(18(13-15)23(26)27)21-16-7-3-2-4-8-16/h2-4,7-10,13-14,21H,5-6,11-12H2,1H3/t14-/m1/s1. The minimum atomic E-state index is -0.938. The van der Waals surface area contributed by atoms with Gasteiger partial charge in [-0.1, -0.05) is 18.2 Å². The number of para-hydroxylation sites is 1. The molecule has 2 aromatic carbocycles. The predicted molar refractivity (Wildman–Crippen MR) is 104 cm³/mol. The topological polar surface area (TPSA) is 102 Å². The lowest BCUT2D eigenvalue weighted by molar-refractivity contribution is -0.383. The van der Waals surface area contributed by atoms with E-state index in [1.54, 1.807) is 29.2 Å². The highest BCUT2D eigenvalue weighted by molar-refractivity contribution is 5.94. The summed E-state index contributed by atoms with van der Waals surface area (Å²) in [6.07, 6.45) is 0.940. The molecule has 0 aliphatic carbocycles. The van der Waals surface area contributed by atoms with Crippen LogP contribution in [0.3, 0.4) is 0 Å². The first-order valence-electron chi connectivity index (χ1n) is 9.06. The second-order valence-electron chi connectivity index (χ2n) is 6.56. The van der Waals surface area contributed by atoms with Gasteiger partial charge in [-0.05, 0) is 44.0 Å². The molecule has 8 nitrogen and oxygen atoms in total. The molecule has 2 aromatic rings. The van der Waals surface area contributed by atoms with Crippen LogP contribution in [0.15, 0.2) is 48.5 Å². The Morgan fingerprint density at radius 1 is 1.14 bits per heavy atom. The van der Waals surface area contributed by atoms with Gasteiger partial charge in [-0.3, -0.25) is 14.9 Å². The van der Waals surface area contributed by atoms with Gasteiger partial charge < -0.3 is 15.0 Å². The van der Waals surface area contributed by atoms with E-state index in [4.69, 9.17) is 4.74 Å². The third kappa shape index (κ3) is 4.46. The first kappa shape index (κ1) is 19.3. The summed E-state index contributed by atoms with van der Waals surface area (Å²) in [4.78, 5) is 37.2. The Morgan fingerprint density at radius 3 is 2.46 bits per heavy atom. The summed E-state index contributed by atoms with van der Waals surface area (Å²) in [7, 11) is 0. The number of benzene rings is 2. The molecule has 1 aliphatic rings. The molecule has 0 bridgehead atoms. The molecule has 0 saturated carbocycles. The zero-order chi connectivity index (χ0) is 20.1. The van der Waals surface area contributed by atoms with Crippen LogP contribution >= 0.6 is 0 Å². The van der Waals surface area contributed by atoms with Gasteiger partial charge >= 0.3 is 5.97 Å². The van der Waals surface area contributed by atoms with E-state index in [0.29, 0.717) is 18.8 Å². The van der Waals surface area contributed by atoms with E-state index in [-0.39, 0.29) is 22.8 Å². The summed E-state index contributed by atoms with van der Waals surface area (Å²) in [5.74, 6) is -1.02. The van der Waals surface area contributed by atoms with Gasteiger partial charge in [-0.2, -0.15) is 0 Å². The molecule has 0 radical (unpaired) electrons. The van der Waals surface area contributed by atoms with Gasteiger partial charge in [0.05, 0.1) is 10.5 Å². The van der Waals surface area contributed by atoms with Crippen molar-refractivity contribution in [2.75, 3.05) is 18.4 Å². The van der Waals surface area contributed by atoms with Crippen LogP contribution in [0.25, 0.3) is 0 Å². The van der Waals surface area contributed by atoms with Gasteiger partial charge in [-0.15, -0.1) is 0 Å². The van der Waals surface area contributed by atoms with Crippen molar-refractivity contribution in [3.8, 4) is 0 Å². The molecule has 0 unspecified atom stereocenters. The number of carbonyl (C=O) groups excluding carboxylic acids is 2. The van der Waals surface area contributed by atoms with E-state index in [9.17, 15) is 19.7 Å². The lowest BCUT2D eigenvalue weighted by atomic mass is 10.1. The van der Waals surface area contributed by atoms with Crippen LogP contribution < -0.4 is 5.32 Å². The lowest BCUT2D eigenvalue weighted by Crippen LogP contribution is -2.38. The van der Waals surface area contributed by atoms with Crippen molar-refractivity contribution in [3.05, 3.63) is 64.2 Å². The SMILES string of the molecule is C[C@@H](OC(=O)c1ccc(Nc2ccccc2)c([N+](=O)[O-])c1)C(=O)N1CCCC1. The summed E-state index contributed by atoms with van der Waals surface area (Å²) < 4.78 is 5.23. The van der Waals surface area contributed by atoms with Crippen molar-refractivity contribution in [2.45, 2.75) is 25.9 Å². The predicted octanol–water partition coefficient (Wildman–Crippen LogP) is 3.51. The summed E-state index contributed by atoms with van der Waals surface area (Å²) in [6.45, 7) is 2.83. The Hall–Kier alpha value is -3.42. The number of likely N-dealkylation sites (tertiary alicyclic amines) is 1. The van der Waals surface area contributed by atoms with E-state index in [1.807, 2.05) is 6.07 Å². The molecule has 8 heteroatoms. The van der Waals surface area contributed by atoms with E-state index in [1.165, 1.54) is 19.1 Å². The van der Waals surface area contributed by atoms with Crippen molar-refractivity contribution in [1.29, 1.82) is 0 Å². The van der Waals surface area contributed by atoms with Crippen molar-refractivity contribution in [1.82, 2.24) is 4.90 Å². The number of hydrogen-bond donors (Lipinski definition) is 1. The Balaban J connectivity index is 1.74. The molecule has 1 saturated heterocycles. The molecule has 1 amide bonds. The number of nitro groups is 1. The van der Waals surface area contributed by atoms with Gasteiger partial charge in [0.2, 0.25) is 0 Å². The van der Waals surface area contributed by atoms with Crippen LogP contribution in [-0.4, -0.2) is 40.9 Å². The number of hydrogen-bond acceptors (Lipinski definition) is 6. The Morgan fingerprint density at radius 2 is 1.82 bits per heavy atom. The van der Waals surface area contributed by atoms with Crippen molar-refractivity contribution in [3.63, 3.8) is 0 Å². The maximum Gasteiger partial charge on any atom is 0.339 e. The Kier molecular flexibility index (Phi) is 5.88. The van der Waals surface area contributed by atoms with Crippen molar-refractivity contribution in [2.24, 2.45) is 0 Å². The number of nitrogens with one attached hydrogen (secondary N) is 1. The van der Waals surface area contributed by atoms with Gasteiger partial charge in [0.1, 0.15) is 5.69 Å². The van der Waals surface area contributed by atoms with Gasteiger partial charge in [-0.25, -0.2) is 4.79 Å². The highest BCUT2D eigenvalue weighted by atomic mass is 16.6. The zero-order valence-corrected chi connectivity index (χ0v) is 15.5. The van der Waals surface area contributed by atoms with Crippen LogP contribution in [0, 0.1) is 10.1 Å². The number of nitro benzene ring substituents is 1. The quantitative estimate of drug-likeness (QED) is 0.465. The molecule has 1 fully saturated rings. The largest absolute Gasteiger partial charge is 0.449 e. The average Bonchev–Trinajstić information content (AvgIpc) is 3.23. The second kappa shape index (κ2) is 8.51. The normalized spacial score (nSPS) is 14.4. The zero-order valence-electron chi connectivity index (χ0n) is 15.5. The minimum Gasteiger partial charge on any atom is -0.449 e. The molecule has 1 aliphatic heterocycles. The third-order valence-corrected chi connectivity index (χ3v) is 4.53. The number of carbonyl (C=O) groups is 2. The molecule has 0 spiro atoms. The maximum atomic E-state index is 12.4. The third-order valence-electron chi connectivity index (χ3n) is 4.53. The Bertz CT molecular complexity index is 879. The van der Waals surface area contributed by atoms with Crippen LogP contribution in [0.4, 0.5) is 17.1 Å². The van der Waals surface area contributed by atoms with Crippen LogP contribution in [-0.2, 0) is 9.53 Å². The monoisotopic (exact) mass is 383 g/mol. The van der Waals surface area contributed by atoms with Gasteiger partial charge in [0.15, 0.2) is 6.10 Å². The molecule has 28 heavy (non-hydrogen) atoms. The highest BCUT2D eigenvalue weighted by Crippen LogP contribution is 2.29. The number of rotatable bonds is 6. The summed E-state index contributed by atoms with van der Waals surface area (Å²) >= 11 is 0.